The number of alkyl carbamates (subject to hydrolysis) is 1. The fourth-order valence-electron chi connectivity index (χ4n) is 3.45. The molecule has 142 valence electrons. The number of hydrogen-bond donors (Lipinski definition) is 1. The number of ether oxygens (including phenoxy) is 1. The van der Waals surface area contributed by atoms with Crippen LogP contribution >= 0.6 is 11.3 Å². The number of amides is 1. The van der Waals surface area contributed by atoms with E-state index in [0.29, 0.717) is 12.5 Å². The van der Waals surface area contributed by atoms with Crippen molar-refractivity contribution in [1.82, 2.24) is 15.2 Å². The average molecular weight is 376 g/mol. The highest BCUT2D eigenvalue weighted by atomic mass is 32.1. The Balaban J connectivity index is 1.59. The molecule has 1 fully saturated rings. The average Bonchev–Trinajstić information content (AvgIpc) is 2.88. The lowest BCUT2D eigenvalue weighted by Gasteiger charge is -2.37. The number of thiazole rings is 1. The van der Waals surface area contributed by atoms with Gasteiger partial charge in [0.2, 0.25) is 0 Å². The van der Waals surface area contributed by atoms with Crippen molar-refractivity contribution in [2.45, 2.75) is 51.7 Å². The summed E-state index contributed by atoms with van der Waals surface area (Å²) in [6.45, 7) is 7.15. The van der Waals surface area contributed by atoms with E-state index in [9.17, 15) is 4.79 Å². The van der Waals surface area contributed by atoms with E-state index in [1.54, 1.807) is 11.3 Å². The van der Waals surface area contributed by atoms with Gasteiger partial charge in [-0.15, -0.1) is 11.3 Å². The maximum Gasteiger partial charge on any atom is 0.408 e. The molecule has 1 aromatic heterocycles. The Hall–Kier alpha value is -1.66. The normalized spacial score (nSPS) is 20.2. The molecule has 0 unspecified atom stereocenters. The van der Waals surface area contributed by atoms with Gasteiger partial charge in [-0.1, -0.05) is 6.07 Å². The van der Waals surface area contributed by atoms with Gasteiger partial charge in [-0.25, -0.2) is 9.78 Å². The van der Waals surface area contributed by atoms with E-state index >= 15 is 0 Å². The first-order valence-corrected chi connectivity index (χ1v) is 10.0. The van der Waals surface area contributed by atoms with Crippen molar-refractivity contribution in [2.75, 3.05) is 20.6 Å². The van der Waals surface area contributed by atoms with Crippen molar-refractivity contribution in [3.05, 3.63) is 28.8 Å². The van der Waals surface area contributed by atoms with E-state index in [0.717, 1.165) is 16.4 Å². The molecular formula is C20H29N3O2S. The predicted octanol–water partition coefficient (Wildman–Crippen LogP) is 4.38. The number of carbonyl (C=O) groups excluding carboxylic acids is 1. The van der Waals surface area contributed by atoms with E-state index in [-0.39, 0.29) is 0 Å². The Kier molecular flexibility index (Phi) is 5.53. The number of nitrogens with zero attached hydrogens (tertiary/aromatic N) is 2. The first-order valence-electron chi connectivity index (χ1n) is 9.20. The second-order valence-electron chi connectivity index (χ2n) is 8.49. The summed E-state index contributed by atoms with van der Waals surface area (Å²) in [6, 6.07) is 6.60. The Morgan fingerprint density at radius 3 is 2.73 bits per heavy atom. The first-order chi connectivity index (χ1) is 12.2. The van der Waals surface area contributed by atoms with E-state index in [1.165, 1.54) is 29.6 Å². The zero-order chi connectivity index (χ0) is 18.9. The SMILES string of the molecule is CN(C)CC1CC(c2ccc3nc(CNC(=O)OC(C)(C)C)sc3c2)C1. The highest BCUT2D eigenvalue weighted by Gasteiger charge is 2.30. The van der Waals surface area contributed by atoms with Gasteiger partial charge in [0.1, 0.15) is 10.6 Å². The Morgan fingerprint density at radius 1 is 1.35 bits per heavy atom. The fraction of sp³-hybridized carbons (Fsp3) is 0.600. The van der Waals surface area contributed by atoms with Gasteiger partial charge in [0, 0.05) is 6.54 Å². The molecule has 1 N–H and O–H groups in total. The molecule has 5 nitrogen and oxygen atoms in total. The standard InChI is InChI=1S/C20H29N3O2S/c1-20(2,3)25-19(24)21-11-18-22-16-7-6-14(10-17(16)26-18)15-8-13(9-15)12-23(4)5/h6-7,10,13,15H,8-9,11-12H2,1-5H3,(H,21,24). The fourth-order valence-corrected chi connectivity index (χ4v) is 4.41. The topological polar surface area (TPSA) is 54.5 Å². The van der Waals surface area contributed by atoms with Gasteiger partial charge in [0.25, 0.3) is 0 Å². The van der Waals surface area contributed by atoms with E-state index in [2.05, 4.69) is 47.5 Å². The van der Waals surface area contributed by atoms with Crippen LogP contribution in [-0.2, 0) is 11.3 Å². The molecule has 1 aliphatic rings. The molecule has 6 heteroatoms. The van der Waals surface area contributed by atoms with Crippen molar-refractivity contribution in [3.8, 4) is 0 Å². The molecule has 0 saturated heterocycles. The Labute approximate surface area is 159 Å². The molecule has 0 bridgehead atoms. The molecule has 0 atom stereocenters. The van der Waals surface area contributed by atoms with E-state index < -0.39 is 11.7 Å². The maximum absolute atomic E-state index is 11.8. The summed E-state index contributed by atoms with van der Waals surface area (Å²) < 4.78 is 6.46. The summed E-state index contributed by atoms with van der Waals surface area (Å²) >= 11 is 1.65. The Bertz CT molecular complexity index is 773. The third-order valence-electron chi connectivity index (χ3n) is 4.57. The molecule has 1 aromatic carbocycles. The second kappa shape index (κ2) is 7.53. The van der Waals surface area contributed by atoms with Crippen molar-refractivity contribution in [3.63, 3.8) is 0 Å². The van der Waals surface area contributed by atoms with Crippen LogP contribution in [0.4, 0.5) is 4.79 Å². The zero-order valence-corrected chi connectivity index (χ0v) is 17.2. The zero-order valence-electron chi connectivity index (χ0n) is 16.3. The van der Waals surface area contributed by atoms with Crippen molar-refractivity contribution < 1.29 is 9.53 Å². The highest BCUT2D eigenvalue weighted by Crippen LogP contribution is 2.42. The smallest absolute Gasteiger partial charge is 0.408 e. The highest BCUT2D eigenvalue weighted by molar-refractivity contribution is 7.18. The molecular weight excluding hydrogens is 346 g/mol. The van der Waals surface area contributed by atoms with Crippen LogP contribution in [0.5, 0.6) is 0 Å². The van der Waals surface area contributed by atoms with Crippen molar-refractivity contribution in [1.29, 1.82) is 0 Å². The van der Waals surface area contributed by atoms with Gasteiger partial charge >= 0.3 is 6.09 Å². The summed E-state index contributed by atoms with van der Waals surface area (Å²) in [4.78, 5) is 18.7. The Morgan fingerprint density at radius 2 is 2.08 bits per heavy atom. The van der Waals surface area contributed by atoms with Crippen molar-refractivity contribution in [2.24, 2.45) is 5.92 Å². The minimum Gasteiger partial charge on any atom is -0.444 e. The molecule has 0 aliphatic heterocycles. The van der Waals surface area contributed by atoms with Crippen LogP contribution in [0.3, 0.4) is 0 Å². The van der Waals surface area contributed by atoms with Gasteiger partial charge in [-0.05, 0) is 77.2 Å². The van der Waals surface area contributed by atoms with Gasteiger partial charge < -0.3 is 15.0 Å². The van der Waals surface area contributed by atoms with E-state index in [1.807, 2.05) is 20.8 Å². The molecule has 1 heterocycles. The van der Waals surface area contributed by atoms with E-state index in [4.69, 9.17) is 4.74 Å². The van der Waals surface area contributed by atoms with Crippen LogP contribution < -0.4 is 5.32 Å². The minimum atomic E-state index is -0.486. The lowest BCUT2D eigenvalue weighted by molar-refractivity contribution is 0.0523. The van der Waals surface area contributed by atoms with Crippen LogP contribution in [0.15, 0.2) is 18.2 Å². The largest absolute Gasteiger partial charge is 0.444 e. The summed E-state index contributed by atoms with van der Waals surface area (Å²) in [5.74, 6) is 1.50. The molecule has 3 rings (SSSR count). The number of carbonyl (C=O) groups is 1. The molecule has 0 radical (unpaired) electrons. The minimum absolute atomic E-state index is 0.401. The van der Waals surface area contributed by atoms with Crippen LogP contribution in [0.1, 0.15) is 50.1 Å². The summed E-state index contributed by atoms with van der Waals surface area (Å²) in [5.41, 5.74) is 1.94. The molecule has 0 spiro atoms. The van der Waals surface area contributed by atoms with Crippen LogP contribution in [0.25, 0.3) is 10.2 Å². The van der Waals surface area contributed by atoms with Gasteiger partial charge in [0.15, 0.2) is 0 Å². The summed E-state index contributed by atoms with van der Waals surface area (Å²) in [6.07, 6.45) is 2.14. The first kappa shape index (κ1) is 19.1. The van der Waals surface area contributed by atoms with Gasteiger partial charge in [0.05, 0.1) is 16.8 Å². The number of rotatable bonds is 5. The molecule has 1 saturated carbocycles. The van der Waals surface area contributed by atoms with Crippen molar-refractivity contribution >= 4 is 27.6 Å². The third kappa shape index (κ3) is 4.95. The lowest BCUT2D eigenvalue weighted by Crippen LogP contribution is -2.32. The second-order valence-corrected chi connectivity index (χ2v) is 9.60. The summed E-state index contributed by atoms with van der Waals surface area (Å²) in [7, 11) is 4.28. The summed E-state index contributed by atoms with van der Waals surface area (Å²) in [5, 5.41) is 3.69. The maximum atomic E-state index is 11.8. The number of fused-ring (bicyclic) bond motifs is 1. The molecule has 2 aromatic rings. The van der Waals surface area contributed by atoms with Gasteiger partial charge in [-0.3, -0.25) is 0 Å². The van der Waals surface area contributed by atoms with Crippen LogP contribution in [0, 0.1) is 5.92 Å². The monoisotopic (exact) mass is 375 g/mol. The molecule has 1 amide bonds. The number of benzene rings is 1. The number of nitrogens with one attached hydrogen (secondary N) is 1. The number of aromatic nitrogens is 1. The number of hydrogen-bond acceptors (Lipinski definition) is 5. The quantitative estimate of drug-likeness (QED) is 0.843. The van der Waals surface area contributed by atoms with Gasteiger partial charge in [-0.2, -0.15) is 0 Å². The third-order valence-corrected chi connectivity index (χ3v) is 5.59. The van der Waals surface area contributed by atoms with Crippen LogP contribution in [-0.4, -0.2) is 42.2 Å². The molecule has 26 heavy (non-hydrogen) atoms. The predicted molar refractivity (Wildman–Crippen MR) is 107 cm³/mol. The lowest BCUT2D eigenvalue weighted by atomic mass is 9.71. The molecule has 1 aliphatic carbocycles. The van der Waals surface area contributed by atoms with Crippen LogP contribution in [0.2, 0.25) is 0 Å².